The zero-order valence-corrected chi connectivity index (χ0v) is 12.7. The molecular formula is C13H15N5O5. The number of aromatic nitrogens is 2. The molecule has 1 aromatic heterocycles. The molecule has 0 aliphatic carbocycles. The van der Waals surface area contributed by atoms with E-state index in [1.165, 1.54) is 21.3 Å². The van der Waals surface area contributed by atoms with E-state index in [0.717, 1.165) is 6.20 Å². The molecule has 1 heterocycles. The summed E-state index contributed by atoms with van der Waals surface area (Å²) >= 11 is 0. The number of methoxy groups -OCH3 is 3. The maximum atomic E-state index is 10.7. The fraction of sp³-hybridized carbons (Fsp3) is 0.231. The summed E-state index contributed by atoms with van der Waals surface area (Å²) in [5, 5.41) is 13.6. The molecule has 0 bridgehead atoms. The maximum Gasteiger partial charge on any atom is 0.329 e. The number of anilines is 3. The van der Waals surface area contributed by atoms with Crippen molar-refractivity contribution in [2.24, 2.45) is 0 Å². The second-order valence-corrected chi connectivity index (χ2v) is 4.26. The van der Waals surface area contributed by atoms with Gasteiger partial charge < -0.3 is 25.3 Å². The van der Waals surface area contributed by atoms with Gasteiger partial charge in [0, 0.05) is 17.8 Å². The van der Waals surface area contributed by atoms with Crippen LogP contribution in [-0.4, -0.2) is 36.2 Å². The van der Waals surface area contributed by atoms with E-state index in [2.05, 4.69) is 15.3 Å². The average Bonchev–Trinajstić information content (AvgIpc) is 2.53. The van der Waals surface area contributed by atoms with E-state index >= 15 is 0 Å². The van der Waals surface area contributed by atoms with Crippen LogP contribution in [0.1, 0.15) is 0 Å². The summed E-state index contributed by atoms with van der Waals surface area (Å²) in [5.74, 6) is 1.17. The fourth-order valence-electron chi connectivity index (χ4n) is 1.87. The van der Waals surface area contributed by atoms with Crippen LogP contribution in [0.4, 0.5) is 23.1 Å². The molecule has 0 saturated heterocycles. The Balaban J connectivity index is 2.36. The number of ether oxygens (including phenoxy) is 3. The first kappa shape index (κ1) is 16.1. The number of hydrogen-bond acceptors (Lipinski definition) is 9. The van der Waals surface area contributed by atoms with Crippen molar-refractivity contribution in [1.82, 2.24) is 9.97 Å². The highest BCUT2D eigenvalue weighted by molar-refractivity contribution is 5.66. The molecule has 2 aromatic rings. The van der Waals surface area contributed by atoms with Crippen LogP contribution in [0.3, 0.4) is 0 Å². The Kier molecular flexibility index (Phi) is 4.64. The van der Waals surface area contributed by atoms with Crippen molar-refractivity contribution in [3.63, 3.8) is 0 Å². The van der Waals surface area contributed by atoms with Gasteiger partial charge in [0.05, 0.1) is 26.3 Å². The molecular weight excluding hydrogens is 306 g/mol. The van der Waals surface area contributed by atoms with Crippen LogP contribution in [0.5, 0.6) is 17.2 Å². The molecule has 0 spiro atoms. The topological polar surface area (TPSA) is 135 Å². The Morgan fingerprint density at radius 1 is 1.17 bits per heavy atom. The molecule has 0 unspecified atom stereocenters. The van der Waals surface area contributed by atoms with Gasteiger partial charge in [-0.05, 0) is 0 Å². The van der Waals surface area contributed by atoms with Gasteiger partial charge in [0.1, 0.15) is 6.20 Å². The van der Waals surface area contributed by atoms with Crippen molar-refractivity contribution in [3.05, 3.63) is 28.4 Å². The van der Waals surface area contributed by atoms with E-state index in [1.807, 2.05) is 0 Å². The van der Waals surface area contributed by atoms with Crippen molar-refractivity contribution in [2.75, 3.05) is 32.4 Å². The van der Waals surface area contributed by atoms with Gasteiger partial charge in [-0.3, -0.25) is 10.1 Å². The van der Waals surface area contributed by atoms with E-state index < -0.39 is 4.92 Å². The van der Waals surface area contributed by atoms with Crippen molar-refractivity contribution >= 4 is 23.1 Å². The lowest BCUT2D eigenvalue weighted by molar-refractivity contribution is -0.384. The molecule has 0 aliphatic heterocycles. The summed E-state index contributed by atoms with van der Waals surface area (Å²) in [4.78, 5) is 17.8. The van der Waals surface area contributed by atoms with Crippen LogP contribution >= 0.6 is 0 Å². The van der Waals surface area contributed by atoms with Gasteiger partial charge in [-0.1, -0.05) is 0 Å². The van der Waals surface area contributed by atoms with Crippen molar-refractivity contribution in [1.29, 1.82) is 0 Å². The number of nitrogens with zero attached hydrogens (tertiary/aromatic N) is 3. The Labute approximate surface area is 131 Å². The number of nitrogens with two attached hydrogens (primary N) is 1. The minimum atomic E-state index is -0.654. The van der Waals surface area contributed by atoms with Crippen molar-refractivity contribution in [3.8, 4) is 17.2 Å². The zero-order valence-electron chi connectivity index (χ0n) is 12.7. The first-order chi connectivity index (χ1) is 11.0. The monoisotopic (exact) mass is 321 g/mol. The molecule has 0 saturated carbocycles. The average molecular weight is 321 g/mol. The summed E-state index contributed by atoms with van der Waals surface area (Å²) in [7, 11) is 4.47. The molecule has 0 atom stereocenters. The SMILES string of the molecule is COc1cc(Nc2ncc([N+](=O)[O-])c(N)n2)cc(OC)c1OC. The number of hydrogen-bond donors (Lipinski definition) is 2. The molecule has 122 valence electrons. The third-order valence-corrected chi connectivity index (χ3v) is 2.92. The Hall–Kier alpha value is -3.30. The molecule has 10 nitrogen and oxygen atoms in total. The van der Waals surface area contributed by atoms with E-state index in [9.17, 15) is 10.1 Å². The first-order valence-corrected chi connectivity index (χ1v) is 6.34. The third kappa shape index (κ3) is 3.31. The van der Waals surface area contributed by atoms with Gasteiger partial charge in [0.15, 0.2) is 11.5 Å². The highest BCUT2D eigenvalue weighted by Crippen LogP contribution is 2.40. The maximum absolute atomic E-state index is 10.7. The number of nitrogen functional groups attached to an aromatic ring is 1. The summed E-state index contributed by atoms with van der Waals surface area (Å²) in [6, 6.07) is 3.28. The van der Waals surface area contributed by atoms with E-state index in [-0.39, 0.29) is 17.5 Å². The van der Waals surface area contributed by atoms with E-state index in [4.69, 9.17) is 19.9 Å². The fourth-order valence-corrected chi connectivity index (χ4v) is 1.87. The van der Waals surface area contributed by atoms with Crippen LogP contribution in [0, 0.1) is 10.1 Å². The molecule has 10 heteroatoms. The van der Waals surface area contributed by atoms with Crippen molar-refractivity contribution in [2.45, 2.75) is 0 Å². The van der Waals surface area contributed by atoms with Crippen LogP contribution in [0.25, 0.3) is 0 Å². The molecule has 2 rings (SSSR count). The second-order valence-electron chi connectivity index (χ2n) is 4.26. The van der Waals surface area contributed by atoms with Gasteiger partial charge in [-0.25, -0.2) is 4.98 Å². The molecule has 0 aliphatic rings. The summed E-state index contributed by atoms with van der Waals surface area (Å²) in [6.07, 6.45) is 1.03. The second kappa shape index (κ2) is 6.64. The lowest BCUT2D eigenvalue weighted by Crippen LogP contribution is -2.04. The Bertz CT molecular complexity index is 712. The van der Waals surface area contributed by atoms with Gasteiger partial charge in [0.25, 0.3) is 0 Å². The predicted molar refractivity (Wildman–Crippen MR) is 82.5 cm³/mol. The number of nitrogens with one attached hydrogen (secondary N) is 1. The Morgan fingerprint density at radius 2 is 1.78 bits per heavy atom. The minimum Gasteiger partial charge on any atom is -0.493 e. The van der Waals surface area contributed by atoms with Crippen LogP contribution < -0.4 is 25.3 Å². The van der Waals surface area contributed by atoms with Gasteiger partial charge in [-0.2, -0.15) is 4.98 Å². The molecule has 1 aromatic carbocycles. The normalized spacial score (nSPS) is 10.0. The molecule has 0 amide bonds. The minimum absolute atomic E-state index is 0.0994. The Morgan fingerprint density at radius 3 is 2.22 bits per heavy atom. The quantitative estimate of drug-likeness (QED) is 0.602. The lowest BCUT2D eigenvalue weighted by Gasteiger charge is -2.14. The van der Waals surface area contributed by atoms with Gasteiger partial charge >= 0.3 is 5.69 Å². The van der Waals surface area contributed by atoms with Crippen LogP contribution in [-0.2, 0) is 0 Å². The molecule has 3 N–H and O–H groups in total. The highest BCUT2D eigenvalue weighted by atomic mass is 16.6. The highest BCUT2D eigenvalue weighted by Gasteiger charge is 2.16. The largest absolute Gasteiger partial charge is 0.493 e. The van der Waals surface area contributed by atoms with E-state index in [1.54, 1.807) is 12.1 Å². The summed E-state index contributed by atoms with van der Waals surface area (Å²) in [5.41, 5.74) is 5.71. The van der Waals surface area contributed by atoms with Crippen LogP contribution in [0.15, 0.2) is 18.3 Å². The third-order valence-electron chi connectivity index (χ3n) is 2.92. The molecule has 0 radical (unpaired) electrons. The van der Waals surface area contributed by atoms with Gasteiger partial charge in [0.2, 0.25) is 17.5 Å². The van der Waals surface area contributed by atoms with Gasteiger partial charge in [-0.15, -0.1) is 0 Å². The number of nitro groups is 1. The molecule has 0 fully saturated rings. The standard InChI is InChI=1S/C13H15N5O5/c1-21-9-4-7(5-10(22-2)11(9)23-3)16-13-15-6-8(18(19)20)12(14)17-13/h4-6H,1-3H3,(H3,14,15,16,17). The van der Waals surface area contributed by atoms with Crippen molar-refractivity contribution < 1.29 is 19.1 Å². The van der Waals surface area contributed by atoms with E-state index in [0.29, 0.717) is 22.9 Å². The lowest BCUT2D eigenvalue weighted by atomic mass is 10.2. The predicted octanol–water partition coefficient (Wildman–Crippen LogP) is 1.74. The number of rotatable bonds is 6. The molecule has 23 heavy (non-hydrogen) atoms. The zero-order chi connectivity index (χ0) is 17.0. The summed E-state index contributed by atoms with van der Waals surface area (Å²) < 4.78 is 15.7. The summed E-state index contributed by atoms with van der Waals surface area (Å²) in [6.45, 7) is 0. The van der Waals surface area contributed by atoms with Crippen LogP contribution in [0.2, 0.25) is 0 Å². The number of benzene rings is 1. The first-order valence-electron chi connectivity index (χ1n) is 6.34. The smallest absolute Gasteiger partial charge is 0.329 e.